The fourth-order valence-corrected chi connectivity index (χ4v) is 1.83. The Bertz CT molecular complexity index is 353. The minimum atomic E-state index is -0.00151. The molecular weight excluding hydrogens is 234 g/mol. The van der Waals surface area contributed by atoms with Crippen molar-refractivity contribution in [3.05, 3.63) is 24.3 Å². The van der Waals surface area contributed by atoms with Crippen LogP contribution in [-0.4, -0.2) is 43.0 Å². The number of carbonyl (C=O) groups excluding carboxylic acids is 1. The van der Waals surface area contributed by atoms with Crippen molar-refractivity contribution in [2.24, 2.45) is 0 Å². The number of hydrogen-bond acceptors (Lipinski definition) is 4. The van der Waals surface area contributed by atoms with Gasteiger partial charge in [0.2, 0.25) is 5.91 Å². The largest absolute Gasteiger partial charge is 0.399 e. The van der Waals surface area contributed by atoms with E-state index in [-0.39, 0.29) is 5.91 Å². The molecule has 94 valence electrons. The fraction of sp³-hybridized carbons (Fsp3) is 0.417. The summed E-state index contributed by atoms with van der Waals surface area (Å²) in [6.45, 7) is 1.32. The van der Waals surface area contributed by atoms with Crippen molar-refractivity contribution >= 4 is 29.0 Å². The first-order valence-electron chi connectivity index (χ1n) is 5.44. The van der Waals surface area contributed by atoms with Crippen molar-refractivity contribution in [1.82, 2.24) is 4.90 Å². The lowest BCUT2D eigenvalue weighted by atomic mass is 10.3. The monoisotopic (exact) mass is 253 g/mol. The summed E-state index contributed by atoms with van der Waals surface area (Å²) >= 11 is 1.78. The summed E-state index contributed by atoms with van der Waals surface area (Å²) in [5.74, 6) is 1.03. The lowest BCUT2D eigenvalue weighted by Gasteiger charge is -2.15. The summed E-state index contributed by atoms with van der Waals surface area (Å²) in [6.07, 6.45) is 2.06. The molecule has 0 radical (unpaired) electrons. The molecule has 0 atom stereocenters. The van der Waals surface area contributed by atoms with Gasteiger partial charge in [0.1, 0.15) is 0 Å². The zero-order chi connectivity index (χ0) is 12.7. The molecule has 1 rings (SSSR count). The smallest absolute Gasteiger partial charge is 0.238 e. The Morgan fingerprint density at radius 1 is 1.41 bits per heavy atom. The number of thioether (sulfide) groups is 1. The van der Waals surface area contributed by atoms with Crippen LogP contribution in [0, 0.1) is 0 Å². The third-order valence-electron chi connectivity index (χ3n) is 2.29. The SMILES string of the molecule is CSCCN(C)CC(=O)Nc1ccc(N)cc1. The Labute approximate surface area is 107 Å². The first kappa shape index (κ1) is 13.9. The van der Waals surface area contributed by atoms with Gasteiger partial charge in [-0.05, 0) is 37.6 Å². The number of hydrogen-bond donors (Lipinski definition) is 2. The highest BCUT2D eigenvalue weighted by Gasteiger charge is 2.06. The van der Waals surface area contributed by atoms with Crippen LogP contribution in [0.4, 0.5) is 11.4 Å². The van der Waals surface area contributed by atoms with Crippen molar-refractivity contribution in [2.45, 2.75) is 0 Å². The van der Waals surface area contributed by atoms with Gasteiger partial charge >= 0.3 is 0 Å². The Kier molecular flexibility index (Phi) is 5.86. The molecule has 0 saturated carbocycles. The minimum Gasteiger partial charge on any atom is -0.399 e. The summed E-state index contributed by atoms with van der Waals surface area (Å²) in [7, 11) is 1.94. The molecule has 0 bridgehead atoms. The molecule has 4 nitrogen and oxygen atoms in total. The topological polar surface area (TPSA) is 58.4 Å². The molecule has 1 aromatic carbocycles. The second kappa shape index (κ2) is 7.19. The Balaban J connectivity index is 2.36. The predicted molar refractivity (Wildman–Crippen MR) is 75.4 cm³/mol. The van der Waals surface area contributed by atoms with E-state index in [0.717, 1.165) is 18.0 Å². The average molecular weight is 253 g/mol. The van der Waals surface area contributed by atoms with Gasteiger partial charge in [-0.3, -0.25) is 9.69 Å². The number of nitrogens with zero attached hydrogens (tertiary/aromatic N) is 1. The van der Waals surface area contributed by atoms with Crippen molar-refractivity contribution in [2.75, 3.05) is 43.2 Å². The second-order valence-corrected chi connectivity index (χ2v) is 4.89. The number of nitrogens with one attached hydrogen (secondary N) is 1. The number of benzene rings is 1. The Morgan fingerprint density at radius 2 is 2.06 bits per heavy atom. The highest BCUT2D eigenvalue weighted by atomic mass is 32.2. The maximum Gasteiger partial charge on any atom is 0.238 e. The molecule has 0 saturated heterocycles. The number of likely N-dealkylation sites (N-methyl/N-ethyl adjacent to an activating group) is 1. The standard InChI is InChI=1S/C12H19N3OS/c1-15(7-8-17-2)9-12(16)14-11-5-3-10(13)4-6-11/h3-6H,7-9,13H2,1-2H3,(H,14,16). The summed E-state index contributed by atoms with van der Waals surface area (Å²) < 4.78 is 0. The maximum absolute atomic E-state index is 11.7. The van der Waals surface area contributed by atoms with Gasteiger partial charge in [-0.2, -0.15) is 11.8 Å². The van der Waals surface area contributed by atoms with Crippen LogP contribution in [0.15, 0.2) is 24.3 Å². The van der Waals surface area contributed by atoms with Crippen molar-refractivity contribution in [3.63, 3.8) is 0 Å². The highest BCUT2D eigenvalue weighted by Crippen LogP contribution is 2.10. The first-order chi connectivity index (χ1) is 8.11. The normalized spacial score (nSPS) is 10.5. The second-order valence-electron chi connectivity index (χ2n) is 3.90. The third-order valence-corrected chi connectivity index (χ3v) is 2.88. The van der Waals surface area contributed by atoms with E-state index in [1.807, 2.05) is 11.9 Å². The van der Waals surface area contributed by atoms with E-state index in [1.165, 1.54) is 0 Å². The Morgan fingerprint density at radius 3 is 2.65 bits per heavy atom. The fourth-order valence-electron chi connectivity index (χ4n) is 1.34. The first-order valence-corrected chi connectivity index (χ1v) is 6.84. The molecule has 0 aliphatic rings. The quantitative estimate of drug-likeness (QED) is 0.754. The molecule has 0 unspecified atom stereocenters. The maximum atomic E-state index is 11.7. The molecular formula is C12H19N3OS. The van der Waals surface area contributed by atoms with Crippen LogP contribution in [-0.2, 0) is 4.79 Å². The molecule has 0 spiro atoms. The van der Waals surface area contributed by atoms with Crippen LogP contribution >= 0.6 is 11.8 Å². The number of amides is 1. The molecule has 3 N–H and O–H groups in total. The van der Waals surface area contributed by atoms with E-state index < -0.39 is 0 Å². The molecule has 17 heavy (non-hydrogen) atoms. The third kappa shape index (κ3) is 5.60. The summed E-state index contributed by atoms with van der Waals surface area (Å²) in [5.41, 5.74) is 7.04. The minimum absolute atomic E-state index is 0.00151. The zero-order valence-corrected chi connectivity index (χ0v) is 11.1. The van der Waals surface area contributed by atoms with Crippen molar-refractivity contribution < 1.29 is 4.79 Å². The van der Waals surface area contributed by atoms with E-state index in [4.69, 9.17) is 5.73 Å². The number of rotatable bonds is 6. The molecule has 0 aliphatic heterocycles. The average Bonchev–Trinajstić information content (AvgIpc) is 2.29. The number of nitrogen functional groups attached to an aromatic ring is 1. The number of nitrogens with two attached hydrogens (primary N) is 1. The molecule has 1 aromatic rings. The van der Waals surface area contributed by atoms with Gasteiger partial charge in [-0.25, -0.2) is 0 Å². The molecule has 0 fully saturated rings. The summed E-state index contributed by atoms with van der Waals surface area (Å²) in [5, 5.41) is 2.83. The van der Waals surface area contributed by atoms with E-state index in [9.17, 15) is 4.79 Å². The number of carbonyl (C=O) groups is 1. The highest BCUT2D eigenvalue weighted by molar-refractivity contribution is 7.98. The van der Waals surface area contributed by atoms with Gasteiger partial charge in [0.15, 0.2) is 0 Å². The van der Waals surface area contributed by atoms with Crippen LogP contribution in [0.5, 0.6) is 0 Å². The molecule has 5 heteroatoms. The van der Waals surface area contributed by atoms with Gasteiger partial charge < -0.3 is 11.1 Å². The van der Waals surface area contributed by atoms with Gasteiger partial charge in [-0.1, -0.05) is 0 Å². The molecule has 0 aliphatic carbocycles. The van der Waals surface area contributed by atoms with Gasteiger partial charge in [-0.15, -0.1) is 0 Å². The van der Waals surface area contributed by atoms with Crippen LogP contribution in [0.2, 0.25) is 0 Å². The van der Waals surface area contributed by atoms with Crippen molar-refractivity contribution in [1.29, 1.82) is 0 Å². The zero-order valence-electron chi connectivity index (χ0n) is 10.3. The van der Waals surface area contributed by atoms with E-state index in [1.54, 1.807) is 36.0 Å². The van der Waals surface area contributed by atoms with Crippen LogP contribution < -0.4 is 11.1 Å². The van der Waals surface area contributed by atoms with E-state index in [0.29, 0.717) is 12.2 Å². The molecule has 0 aromatic heterocycles. The van der Waals surface area contributed by atoms with Crippen LogP contribution in [0.1, 0.15) is 0 Å². The lowest BCUT2D eigenvalue weighted by Crippen LogP contribution is -2.31. The molecule has 1 amide bonds. The lowest BCUT2D eigenvalue weighted by molar-refractivity contribution is -0.117. The van der Waals surface area contributed by atoms with E-state index >= 15 is 0 Å². The van der Waals surface area contributed by atoms with Crippen LogP contribution in [0.3, 0.4) is 0 Å². The number of anilines is 2. The van der Waals surface area contributed by atoms with Crippen LogP contribution in [0.25, 0.3) is 0 Å². The van der Waals surface area contributed by atoms with Gasteiger partial charge in [0.25, 0.3) is 0 Å². The Hall–Kier alpha value is -1.20. The van der Waals surface area contributed by atoms with E-state index in [2.05, 4.69) is 11.6 Å². The summed E-state index contributed by atoms with van der Waals surface area (Å²) in [4.78, 5) is 13.7. The van der Waals surface area contributed by atoms with Crippen molar-refractivity contribution in [3.8, 4) is 0 Å². The molecule has 0 heterocycles. The van der Waals surface area contributed by atoms with Gasteiger partial charge in [0.05, 0.1) is 6.54 Å². The summed E-state index contributed by atoms with van der Waals surface area (Å²) in [6, 6.07) is 7.14. The van der Waals surface area contributed by atoms with Gasteiger partial charge in [0, 0.05) is 23.7 Å². The predicted octanol–water partition coefficient (Wildman–Crippen LogP) is 1.50.